The van der Waals surface area contributed by atoms with Crippen LogP contribution < -0.4 is 10.5 Å². The second kappa shape index (κ2) is 5.23. The standard InChI is InChI=1S/C14H17FN4O2/c1-21-12-7-11-10(6-9(12)15)17-14(16)19(11)8-13(20)18-4-2-3-5-18/h6-7H,2-5,8H2,1H3,(H2,16,17). The Bertz CT molecular complexity index is 692. The predicted octanol–water partition coefficient (Wildman–Crippen LogP) is 1.39. The topological polar surface area (TPSA) is 73.4 Å². The Kier molecular flexibility index (Phi) is 3.40. The lowest BCUT2D eigenvalue weighted by molar-refractivity contribution is -0.130. The van der Waals surface area contributed by atoms with Crippen molar-refractivity contribution in [3.63, 3.8) is 0 Å². The number of benzene rings is 1. The fourth-order valence-corrected chi connectivity index (χ4v) is 2.67. The molecule has 7 heteroatoms. The molecule has 0 atom stereocenters. The summed E-state index contributed by atoms with van der Waals surface area (Å²) in [4.78, 5) is 18.2. The molecular formula is C14H17FN4O2. The summed E-state index contributed by atoms with van der Waals surface area (Å²) >= 11 is 0. The lowest BCUT2D eigenvalue weighted by Crippen LogP contribution is -2.31. The number of ether oxygens (including phenoxy) is 1. The maximum Gasteiger partial charge on any atom is 0.242 e. The van der Waals surface area contributed by atoms with Gasteiger partial charge >= 0.3 is 0 Å². The molecule has 1 aliphatic rings. The van der Waals surface area contributed by atoms with Crippen LogP contribution in [0, 0.1) is 5.82 Å². The molecule has 0 saturated carbocycles. The Hall–Kier alpha value is -2.31. The van der Waals surface area contributed by atoms with Crippen molar-refractivity contribution < 1.29 is 13.9 Å². The minimum absolute atomic E-state index is 0.00166. The van der Waals surface area contributed by atoms with Crippen molar-refractivity contribution in [2.75, 3.05) is 25.9 Å². The minimum atomic E-state index is -0.500. The van der Waals surface area contributed by atoms with Crippen LogP contribution >= 0.6 is 0 Å². The molecule has 2 heterocycles. The summed E-state index contributed by atoms with van der Waals surface area (Å²) in [5.74, 6) is -0.190. The van der Waals surface area contributed by atoms with Gasteiger partial charge in [0, 0.05) is 25.2 Å². The molecule has 3 rings (SSSR count). The van der Waals surface area contributed by atoms with Gasteiger partial charge in [0.15, 0.2) is 11.6 Å². The van der Waals surface area contributed by atoms with Gasteiger partial charge in [0.05, 0.1) is 18.1 Å². The number of nitrogens with zero attached hydrogens (tertiary/aromatic N) is 3. The zero-order valence-corrected chi connectivity index (χ0v) is 11.8. The smallest absolute Gasteiger partial charge is 0.242 e. The van der Waals surface area contributed by atoms with Crippen molar-refractivity contribution >= 4 is 22.9 Å². The summed E-state index contributed by atoms with van der Waals surface area (Å²) in [5.41, 5.74) is 6.87. The zero-order chi connectivity index (χ0) is 15.0. The first kappa shape index (κ1) is 13.7. The number of hydrogen-bond donors (Lipinski definition) is 1. The predicted molar refractivity (Wildman–Crippen MR) is 76.5 cm³/mol. The van der Waals surface area contributed by atoms with Crippen molar-refractivity contribution in [1.29, 1.82) is 0 Å². The van der Waals surface area contributed by atoms with E-state index in [1.54, 1.807) is 4.57 Å². The molecule has 2 N–H and O–H groups in total. The molecule has 112 valence electrons. The van der Waals surface area contributed by atoms with Crippen LogP contribution in [-0.2, 0) is 11.3 Å². The number of likely N-dealkylation sites (tertiary alicyclic amines) is 1. The van der Waals surface area contributed by atoms with E-state index in [0.29, 0.717) is 11.0 Å². The van der Waals surface area contributed by atoms with Gasteiger partial charge in [0.1, 0.15) is 6.54 Å². The van der Waals surface area contributed by atoms with Crippen LogP contribution in [0.2, 0.25) is 0 Å². The summed E-state index contributed by atoms with van der Waals surface area (Å²) in [6.07, 6.45) is 2.07. The highest BCUT2D eigenvalue weighted by molar-refractivity contribution is 5.84. The van der Waals surface area contributed by atoms with Gasteiger partial charge in [0.25, 0.3) is 0 Å². The van der Waals surface area contributed by atoms with Crippen molar-refractivity contribution in [3.8, 4) is 5.75 Å². The van der Waals surface area contributed by atoms with Crippen LogP contribution in [0.3, 0.4) is 0 Å². The maximum absolute atomic E-state index is 13.7. The molecule has 1 aliphatic heterocycles. The average molecular weight is 292 g/mol. The Balaban J connectivity index is 1.97. The lowest BCUT2D eigenvalue weighted by Gasteiger charge is -2.16. The van der Waals surface area contributed by atoms with Crippen LogP contribution in [-0.4, -0.2) is 40.6 Å². The first-order chi connectivity index (χ1) is 10.1. The van der Waals surface area contributed by atoms with Crippen LogP contribution in [0.25, 0.3) is 11.0 Å². The van der Waals surface area contributed by atoms with E-state index in [1.165, 1.54) is 19.2 Å². The molecule has 21 heavy (non-hydrogen) atoms. The van der Waals surface area contributed by atoms with E-state index in [0.717, 1.165) is 25.9 Å². The Morgan fingerprint density at radius 3 is 2.81 bits per heavy atom. The summed E-state index contributed by atoms with van der Waals surface area (Å²) in [7, 11) is 1.39. The number of rotatable bonds is 3. The number of imidazole rings is 1. The summed E-state index contributed by atoms with van der Waals surface area (Å²) in [5, 5.41) is 0. The van der Waals surface area contributed by atoms with E-state index in [9.17, 15) is 9.18 Å². The first-order valence-electron chi connectivity index (χ1n) is 6.87. The molecule has 2 aromatic rings. The number of carbonyl (C=O) groups is 1. The zero-order valence-electron chi connectivity index (χ0n) is 11.8. The van der Waals surface area contributed by atoms with Crippen LogP contribution in [0.1, 0.15) is 12.8 Å². The second-order valence-electron chi connectivity index (χ2n) is 5.12. The van der Waals surface area contributed by atoms with E-state index in [4.69, 9.17) is 10.5 Å². The largest absolute Gasteiger partial charge is 0.494 e. The monoisotopic (exact) mass is 292 g/mol. The van der Waals surface area contributed by atoms with Crippen molar-refractivity contribution in [2.45, 2.75) is 19.4 Å². The molecule has 0 unspecified atom stereocenters. The number of aromatic nitrogens is 2. The quantitative estimate of drug-likeness (QED) is 0.927. The number of carbonyl (C=O) groups excluding carboxylic acids is 1. The van der Waals surface area contributed by atoms with Gasteiger partial charge in [-0.3, -0.25) is 4.79 Å². The molecule has 0 bridgehead atoms. The molecule has 0 spiro atoms. The van der Waals surface area contributed by atoms with Crippen molar-refractivity contribution in [2.24, 2.45) is 0 Å². The first-order valence-corrected chi connectivity index (χ1v) is 6.87. The number of nitrogen functional groups attached to an aromatic ring is 1. The van der Waals surface area contributed by atoms with Crippen LogP contribution in [0.15, 0.2) is 12.1 Å². The van der Waals surface area contributed by atoms with E-state index in [1.807, 2.05) is 4.90 Å². The molecule has 1 saturated heterocycles. The average Bonchev–Trinajstić information content (AvgIpc) is 3.07. The number of hydrogen-bond acceptors (Lipinski definition) is 4. The third-order valence-electron chi connectivity index (χ3n) is 3.80. The molecule has 0 aliphatic carbocycles. The Morgan fingerprint density at radius 2 is 2.14 bits per heavy atom. The Morgan fingerprint density at radius 1 is 1.43 bits per heavy atom. The van der Waals surface area contributed by atoms with Crippen molar-refractivity contribution in [1.82, 2.24) is 14.5 Å². The second-order valence-corrected chi connectivity index (χ2v) is 5.12. The number of halogens is 1. The number of anilines is 1. The van der Waals surface area contributed by atoms with E-state index in [-0.39, 0.29) is 24.1 Å². The maximum atomic E-state index is 13.7. The fourth-order valence-electron chi connectivity index (χ4n) is 2.67. The van der Waals surface area contributed by atoms with E-state index in [2.05, 4.69) is 4.98 Å². The Labute approximate surface area is 121 Å². The third-order valence-corrected chi connectivity index (χ3v) is 3.80. The van der Waals surface area contributed by atoms with Gasteiger partial charge in [-0.2, -0.15) is 0 Å². The van der Waals surface area contributed by atoms with Crippen LogP contribution in [0.4, 0.5) is 10.3 Å². The number of methoxy groups -OCH3 is 1. The molecular weight excluding hydrogens is 275 g/mol. The third kappa shape index (κ3) is 2.39. The summed E-state index contributed by atoms with van der Waals surface area (Å²) < 4.78 is 20.2. The van der Waals surface area contributed by atoms with Gasteiger partial charge in [-0.25, -0.2) is 9.37 Å². The molecule has 1 amide bonds. The number of amides is 1. The molecule has 1 fully saturated rings. The molecule has 1 aromatic heterocycles. The number of fused-ring (bicyclic) bond motifs is 1. The minimum Gasteiger partial charge on any atom is -0.494 e. The highest BCUT2D eigenvalue weighted by Crippen LogP contribution is 2.26. The normalized spacial score (nSPS) is 14.9. The van der Waals surface area contributed by atoms with Gasteiger partial charge in [-0.1, -0.05) is 0 Å². The summed E-state index contributed by atoms with van der Waals surface area (Å²) in [6, 6.07) is 2.78. The summed E-state index contributed by atoms with van der Waals surface area (Å²) in [6.45, 7) is 1.67. The molecule has 0 radical (unpaired) electrons. The van der Waals surface area contributed by atoms with Gasteiger partial charge in [0.2, 0.25) is 11.9 Å². The molecule has 1 aromatic carbocycles. The van der Waals surface area contributed by atoms with Gasteiger partial charge < -0.3 is 19.9 Å². The fraction of sp³-hybridized carbons (Fsp3) is 0.429. The SMILES string of the molecule is COc1cc2c(cc1F)nc(N)n2CC(=O)N1CCCC1. The highest BCUT2D eigenvalue weighted by atomic mass is 19.1. The number of nitrogens with two attached hydrogens (primary N) is 1. The van der Waals surface area contributed by atoms with E-state index < -0.39 is 5.82 Å². The van der Waals surface area contributed by atoms with Crippen LogP contribution in [0.5, 0.6) is 5.75 Å². The highest BCUT2D eigenvalue weighted by Gasteiger charge is 2.21. The van der Waals surface area contributed by atoms with Gasteiger partial charge in [-0.05, 0) is 12.8 Å². The lowest BCUT2D eigenvalue weighted by atomic mass is 10.3. The van der Waals surface area contributed by atoms with Gasteiger partial charge in [-0.15, -0.1) is 0 Å². The van der Waals surface area contributed by atoms with Crippen molar-refractivity contribution in [3.05, 3.63) is 17.9 Å². The van der Waals surface area contributed by atoms with E-state index >= 15 is 0 Å². The molecule has 6 nitrogen and oxygen atoms in total.